The van der Waals surface area contributed by atoms with Gasteiger partial charge in [-0.25, -0.2) is 16.8 Å². The molecular weight excluding hydrogens is 558 g/mol. The fourth-order valence-electron chi connectivity index (χ4n) is 3.82. The molecule has 0 aliphatic rings. The number of hydrogen-bond donors (Lipinski definition) is 2. The van der Waals surface area contributed by atoms with Crippen molar-refractivity contribution in [2.24, 2.45) is 0 Å². The molecule has 0 heterocycles. The number of carbonyl (C=O) groups excluding carboxylic acids is 1. The summed E-state index contributed by atoms with van der Waals surface area (Å²) in [6.07, 6.45) is 0. The molecule has 0 saturated carbocycles. The molecule has 202 valence electrons. The van der Waals surface area contributed by atoms with E-state index in [1.807, 2.05) is 26.0 Å². The molecule has 0 bridgehead atoms. The summed E-state index contributed by atoms with van der Waals surface area (Å²) >= 11 is 5.97. The smallest absolute Gasteiger partial charge is 0.264 e. The number of anilines is 3. The summed E-state index contributed by atoms with van der Waals surface area (Å²) in [4.78, 5) is 13.0. The Kier molecular flexibility index (Phi) is 8.29. The Bertz CT molecular complexity index is 1690. The summed E-state index contributed by atoms with van der Waals surface area (Å²) in [6.45, 7) is 3.21. The highest BCUT2D eigenvalue weighted by Crippen LogP contribution is 2.26. The maximum Gasteiger partial charge on any atom is 0.264 e. The molecule has 0 fully saturated rings. The third-order valence-corrected chi connectivity index (χ3v) is 9.23. The lowest BCUT2D eigenvalue weighted by Crippen LogP contribution is -2.38. The monoisotopic (exact) mass is 583 g/mol. The first-order chi connectivity index (χ1) is 18.5. The van der Waals surface area contributed by atoms with Gasteiger partial charge in [0.25, 0.3) is 20.0 Å². The van der Waals surface area contributed by atoms with Crippen molar-refractivity contribution in [3.63, 3.8) is 0 Å². The molecule has 4 aromatic rings. The Hall–Kier alpha value is -3.86. The molecule has 0 aliphatic heterocycles. The van der Waals surface area contributed by atoms with E-state index in [1.54, 1.807) is 24.3 Å². The molecule has 0 spiro atoms. The van der Waals surface area contributed by atoms with Gasteiger partial charge >= 0.3 is 0 Å². The number of sulfonamides is 2. The van der Waals surface area contributed by atoms with Gasteiger partial charge in [-0.1, -0.05) is 47.5 Å². The fourth-order valence-corrected chi connectivity index (χ4v) is 6.52. The minimum absolute atomic E-state index is 0.00919. The number of nitrogens with one attached hydrogen (secondary N) is 2. The molecule has 8 nitrogen and oxygen atoms in total. The highest BCUT2D eigenvalue weighted by molar-refractivity contribution is 7.93. The minimum atomic E-state index is -4.07. The average Bonchev–Trinajstić information content (AvgIpc) is 2.90. The number of benzene rings is 4. The number of halogens is 1. The lowest BCUT2D eigenvalue weighted by atomic mass is 10.1. The van der Waals surface area contributed by atoms with Gasteiger partial charge in [0.2, 0.25) is 5.91 Å². The predicted molar refractivity (Wildman–Crippen MR) is 154 cm³/mol. The number of hydrogen-bond acceptors (Lipinski definition) is 5. The summed E-state index contributed by atoms with van der Waals surface area (Å²) in [7, 11) is -7.94. The van der Waals surface area contributed by atoms with Crippen molar-refractivity contribution in [1.82, 2.24) is 0 Å². The van der Waals surface area contributed by atoms with E-state index in [0.29, 0.717) is 16.4 Å². The second-order valence-electron chi connectivity index (χ2n) is 8.80. The van der Waals surface area contributed by atoms with E-state index < -0.39 is 32.5 Å². The first-order valence-corrected chi connectivity index (χ1v) is 15.1. The zero-order valence-corrected chi connectivity index (χ0v) is 23.5. The first-order valence-electron chi connectivity index (χ1n) is 11.8. The van der Waals surface area contributed by atoms with Crippen molar-refractivity contribution >= 4 is 54.6 Å². The van der Waals surface area contributed by atoms with Gasteiger partial charge in [-0.2, -0.15) is 0 Å². The van der Waals surface area contributed by atoms with E-state index in [9.17, 15) is 21.6 Å². The van der Waals surface area contributed by atoms with Gasteiger partial charge in [0.05, 0.1) is 21.2 Å². The van der Waals surface area contributed by atoms with E-state index in [4.69, 9.17) is 11.6 Å². The highest BCUT2D eigenvalue weighted by atomic mass is 35.5. The van der Waals surface area contributed by atoms with Crippen molar-refractivity contribution in [2.75, 3.05) is 20.9 Å². The van der Waals surface area contributed by atoms with E-state index in [0.717, 1.165) is 15.4 Å². The largest absolute Gasteiger partial charge is 0.325 e. The van der Waals surface area contributed by atoms with Crippen molar-refractivity contribution in [3.8, 4) is 0 Å². The Morgan fingerprint density at radius 3 is 2.05 bits per heavy atom. The zero-order valence-electron chi connectivity index (χ0n) is 21.1. The second-order valence-corrected chi connectivity index (χ2v) is 12.8. The Morgan fingerprint density at radius 2 is 1.44 bits per heavy atom. The van der Waals surface area contributed by atoms with Crippen molar-refractivity contribution < 1.29 is 21.6 Å². The Morgan fingerprint density at radius 1 is 0.795 bits per heavy atom. The van der Waals surface area contributed by atoms with Crippen LogP contribution in [0.5, 0.6) is 0 Å². The number of carbonyl (C=O) groups is 1. The molecule has 39 heavy (non-hydrogen) atoms. The maximum atomic E-state index is 13.4. The van der Waals surface area contributed by atoms with Crippen LogP contribution >= 0.6 is 11.6 Å². The van der Waals surface area contributed by atoms with Crippen LogP contribution in [0.3, 0.4) is 0 Å². The Labute approximate surface area is 233 Å². The third kappa shape index (κ3) is 6.78. The Balaban J connectivity index is 1.52. The molecule has 0 aromatic heterocycles. The predicted octanol–water partition coefficient (Wildman–Crippen LogP) is 5.59. The van der Waals surface area contributed by atoms with Gasteiger partial charge in [0, 0.05) is 10.7 Å². The molecule has 0 radical (unpaired) electrons. The summed E-state index contributed by atoms with van der Waals surface area (Å²) < 4.78 is 56.1. The number of amides is 1. The van der Waals surface area contributed by atoms with Crippen LogP contribution in [0.4, 0.5) is 17.1 Å². The molecule has 2 N–H and O–H groups in total. The van der Waals surface area contributed by atoms with Gasteiger partial charge in [0.15, 0.2) is 0 Å². The lowest BCUT2D eigenvalue weighted by Gasteiger charge is -2.24. The van der Waals surface area contributed by atoms with Crippen LogP contribution in [0.15, 0.2) is 107 Å². The molecule has 4 rings (SSSR count). The third-order valence-electron chi connectivity index (χ3n) is 5.81. The summed E-state index contributed by atoms with van der Waals surface area (Å²) in [5, 5.41) is 3.05. The van der Waals surface area contributed by atoms with Crippen LogP contribution < -0.4 is 14.3 Å². The van der Waals surface area contributed by atoms with Crippen LogP contribution in [0.1, 0.15) is 11.1 Å². The minimum Gasteiger partial charge on any atom is -0.325 e. The van der Waals surface area contributed by atoms with E-state index >= 15 is 0 Å². The standard InChI is InChI=1S/C28H26ClN3O5S2/c1-20-8-17-27(21(2)18-20)31-38(34,35)25-15-11-23(12-16-25)30-28(33)19-32(24-13-9-22(29)10-14-24)39(36,37)26-6-4-3-5-7-26/h3-18,31H,19H2,1-2H3,(H,30,33). The SMILES string of the molecule is Cc1ccc(NS(=O)(=O)c2ccc(NC(=O)CN(c3ccc(Cl)cc3)S(=O)(=O)c3ccccc3)cc2)c(C)c1. The molecule has 11 heteroatoms. The zero-order chi connectivity index (χ0) is 28.2. The topological polar surface area (TPSA) is 113 Å². The van der Waals surface area contributed by atoms with E-state index in [2.05, 4.69) is 10.0 Å². The van der Waals surface area contributed by atoms with Crippen molar-refractivity contribution in [2.45, 2.75) is 23.6 Å². The van der Waals surface area contributed by atoms with Crippen LogP contribution in [0.25, 0.3) is 0 Å². The van der Waals surface area contributed by atoms with Gasteiger partial charge in [-0.15, -0.1) is 0 Å². The maximum absolute atomic E-state index is 13.4. The molecule has 4 aromatic carbocycles. The first kappa shape index (κ1) is 28.2. The molecule has 0 unspecified atom stereocenters. The quantitative estimate of drug-likeness (QED) is 0.267. The molecule has 0 saturated heterocycles. The summed E-state index contributed by atoms with van der Waals surface area (Å²) in [5.74, 6) is -0.617. The van der Waals surface area contributed by atoms with Gasteiger partial charge in [-0.3, -0.25) is 13.8 Å². The normalized spacial score (nSPS) is 11.6. The summed E-state index contributed by atoms with van der Waals surface area (Å²) in [6, 6.07) is 24.9. The van der Waals surface area contributed by atoms with Crippen molar-refractivity contribution in [1.29, 1.82) is 0 Å². The van der Waals surface area contributed by atoms with Crippen molar-refractivity contribution in [3.05, 3.63) is 113 Å². The van der Waals surface area contributed by atoms with Gasteiger partial charge < -0.3 is 5.32 Å². The molecule has 0 atom stereocenters. The second kappa shape index (κ2) is 11.5. The lowest BCUT2D eigenvalue weighted by molar-refractivity contribution is -0.114. The molecular formula is C28H26ClN3O5S2. The van der Waals surface area contributed by atoms with E-state index in [-0.39, 0.29) is 15.5 Å². The van der Waals surface area contributed by atoms with Gasteiger partial charge in [-0.05, 0) is 86.1 Å². The van der Waals surface area contributed by atoms with Crippen LogP contribution in [0, 0.1) is 13.8 Å². The number of rotatable bonds is 9. The molecule has 0 aliphatic carbocycles. The summed E-state index contributed by atoms with van der Waals surface area (Å²) in [5.41, 5.74) is 2.84. The number of nitrogens with zero attached hydrogens (tertiary/aromatic N) is 1. The highest BCUT2D eigenvalue weighted by Gasteiger charge is 2.27. The van der Waals surface area contributed by atoms with E-state index in [1.165, 1.54) is 60.7 Å². The molecule has 1 amide bonds. The van der Waals surface area contributed by atoms with Gasteiger partial charge in [0.1, 0.15) is 6.54 Å². The van der Waals surface area contributed by atoms with Crippen LogP contribution in [-0.2, 0) is 24.8 Å². The fraction of sp³-hybridized carbons (Fsp3) is 0.107. The number of aryl methyl sites for hydroxylation is 2. The van der Waals surface area contributed by atoms with Crippen LogP contribution in [0.2, 0.25) is 5.02 Å². The van der Waals surface area contributed by atoms with Crippen LogP contribution in [-0.4, -0.2) is 29.3 Å². The average molecular weight is 584 g/mol.